The van der Waals surface area contributed by atoms with E-state index in [-0.39, 0.29) is 12.5 Å². The predicted octanol–water partition coefficient (Wildman–Crippen LogP) is 2.91. The number of benzene rings is 1. The van der Waals surface area contributed by atoms with Crippen molar-refractivity contribution in [2.75, 3.05) is 7.11 Å². The predicted molar refractivity (Wildman–Crippen MR) is 105 cm³/mol. The molecule has 2 heterocycles. The van der Waals surface area contributed by atoms with Gasteiger partial charge in [-0.1, -0.05) is 30.0 Å². The Morgan fingerprint density at radius 3 is 2.66 bits per heavy atom. The maximum Gasteiger partial charge on any atom is 0.331 e. The summed E-state index contributed by atoms with van der Waals surface area (Å²) >= 11 is 0. The van der Waals surface area contributed by atoms with Gasteiger partial charge in [0.2, 0.25) is 5.89 Å². The summed E-state index contributed by atoms with van der Waals surface area (Å²) in [6, 6.07) is 8.79. The fraction of sp³-hybridized carbons (Fsp3) is 0.333. The van der Waals surface area contributed by atoms with E-state index in [1.54, 1.807) is 7.11 Å². The van der Waals surface area contributed by atoms with Gasteiger partial charge < -0.3 is 14.3 Å². The molecule has 2 aromatic heterocycles. The Kier molecular flexibility index (Phi) is 6.76. The summed E-state index contributed by atoms with van der Waals surface area (Å²) in [7, 11) is 1.58. The van der Waals surface area contributed by atoms with Crippen molar-refractivity contribution in [3.63, 3.8) is 0 Å². The number of carboxylic acids is 1. The molecule has 0 saturated carbocycles. The SMILES string of the molecule is CO[C@H](C#CC[C@@H](C(=O)O)n1nccn1)CCc1nc(-c2ccccc2)oc1C. The maximum absolute atomic E-state index is 11.4. The van der Waals surface area contributed by atoms with E-state index in [0.717, 1.165) is 21.8 Å². The van der Waals surface area contributed by atoms with E-state index in [9.17, 15) is 9.90 Å². The average molecular weight is 394 g/mol. The summed E-state index contributed by atoms with van der Waals surface area (Å²) in [4.78, 5) is 17.1. The third-order valence-electron chi connectivity index (χ3n) is 4.40. The number of methoxy groups -OCH3 is 1. The maximum atomic E-state index is 11.4. The van der Waals surface area contributed by atoms with Gasteiger partial charge in [-0.15, -0.1) is 0 Å². The van der Waals surface area contributed by atoms with Crippen LogP contribution in [0.2, 0.25) is 0 Å². The van der Waals surface area contributed by atoms with Gasteiger partial charge in [0.15, 0.2) is 6.04 Å². The minimum atomic E-state index is -1.03. The second kappa shape index (κ2) is 9.66. The van der Waals surface area contributed by atoms with Gasteiger partial charge in [0, 0.05) is 19.1 Å². The molecule has 0 unspecified atom stereocenters. The normalized spacial score (nSPS) is 12.8. The molecule has 0 radical (unpaired) electrons. The van der Waals surface area contributed by atoms with Crippen molar-refractivity contribution in [1.82, 2.24) is 20.0 Å². The summed E-state index contributed by atoms with van der Waals surface area (Å²) < 4.78 is 11.2. The molecule has 1 N–H and O–H groups in total. The zero-order chi connectivity index (χ0) is 20.6. The van der Waals surface area contributed by atoms with Crippen LogP contribution >= 0.6 is 0 Å². The van der Waals surface area contributed by atoms with Crippen LogP contribution in [0.5, 0.6) is 0 Å². The van der Waals surface area contributed by atoms with Crippen LogP contribution in [0.1, 0.15) is 30.3 Å². The van der Waals surface area contributed by atoms with Gasteiger partial charge in [-0.2, -0.15) is 15.0 Å². The van der Waals surface area contributed by atoms with Crippen LogP contribution in [0, 0.1) is 18.8 Å². The lowest BCUT2D eigenvalue weighted by atomic mass is 10.1. The minimum Gasteiger partial charge on any atom is -0.480 e. The molecular weight excluding hydrogens is 372 g/mol. The van der Waals surface area contributed by atoms with Crippen molar-refractivity contribution >= 4 is 5.97 Å². The number of ether oxygens (including phenoxy) is 1. The molecule has 0 amide bonds. The van der Waals surface area contributed by atoms with E-state index in [4.69, 9.17) is 9.15 Å². The molecule has 3 aromatic rings. The molecule has 3 rings (SSSR count). The number of rotatable bonds is 8. The summed E-state index contributed by atoms with van der Waals surface area (Å²) in [6.45, 7) is 1.89. The first kappa shape index (κ1) is 20.3. The quantitative estimate of drug-likeness (QED) is 0.586. The highest BCUT2D eigenvalue weighted by Crippen LogP contribution is 2.22. The number of nitrogens with zero attached hydrogens (tertiary/aromatic N) is 4. The summed E-state index contributed by atoms with van der Waals surface area (Å²) in [6.07, 6.45) is 3.87. The molecule has 0 aliphatic rings. The first-order valence-corrected chi connectivity index (χ1v) is 9.20. The first-order valence-electron chi connectivity index (χ1n) is 9.20. The Bertz CT molecular complexity index is 987. The Balaban J connectivity index is 1.61. The largest absolute Gasteiger partial charge is 0.480 e. The number of hydrogen-bond acceptors (Lipinski definition) is 6. The second-order valence-electron chi connectivity index (χ2n) is 6.38. The first-order chi connectivity index (χ1) is 14.1. The van der Waals surface area contributed by atoms with Gasteiger partial charge in [0.05, 0.1) is 18.1 Å². The number of carbonyl (C=O) groups is 1. The molecule has 8 nitrogen and oxygen atoms in total. The molecule has 1 aromatic carbocycles. The zero-order valence-corrected chi connectivity index (χ0v) is 16.3. The molecule has 0 aliphatic heterocycles. The van der Waals surface area contributed by atoms with Crippen LogP contribution in [0.25, 0.3) is 11.5 Å². The lowest BCUT2D eigenvalue weighted by Crippen LogP contribution is -2.21. The monoisotopic (exact) mass is 394 g/mol. The second-order valence-corrected chi connectivity index (χ2v) is 6.38. The van der Waals surface area contributed by atoms with Crippen molar-refractivity contribution in [2.45, 2.75) is 38.3 Å². The number of aromatic nitrogens is 4. The van der Waals surface area contributed by atoms with E-state index in [1.807, 2.05) is 37.3 Å². The van der Waals surface area contributed by atoms with Crippen molar-refractivity contribution in [2.24, 2.45) is 0 Å². The molecule has 150 valence electrons. The van der Waals surface area contributed by atoms with Crippen LogP contribution in [0.3, 0.4) is 0 Å². The summed E-state index contributed by atoms with van der Waals surface area (Å²) in [5, 5.41) is 17.1. The molecule has 0 fully saturated rings. The smallest absolute Gasteiger partial charge is 0.331 e. The van der Waals surface area contributed by atoms with E-state index in [1.165, 1.54) is 12.4 Å². The fourth-order valence-corrected chi connectivity index (χ4v) is 2.81. The lowest BCUT2D eigenvalue weighted by Gasteiger charge is -2.09. The van der Waals surface area contributed by atoms with Gasteiger partial charge in [-0.05, 0) is 31.9 Å². The minimum absolute atomic E-state index is 0.0883. The number of aryl methyl sites for hydroxylation is 2. The molecule has 0 bridgehead atoms. The molecule has 0 spiro atoms. The van der Waals surface area contributed by atoms with Crippen LogP contribution in [0.4, 0.5) is 0 Å². The van der Waals surface area contributed by atoms with Crippen LogP contribution in [0.15, 0.2) is 47.1 Å². The van der Waals surface area contributed by atoms with Gasteiger partial charge in [-0.3, -0.25) is 0 Å². The fourth-order valence-electron chi connectivity index (χ4n) is 2.81. The van der Waals surface area contributed by atoms with Gasteiger partial charge in [-0.25, -0.2) is 9.78 Å². The molecule has 29 heavy (non-hydrogen) atoms. The molecular formula is C21H22N4O4. The lowest BCUT2D eigenvalue weighted by molar-refractivity contribution is -0.141. The van der Waals surface area contributed by atoms with Crippen LogP contribution in [-0.2, 0) is 16.0 Å². The molecule has 0 aliphatic carbocycles. The number of carboxylic acid groups (broad SMARTS) is 1. The van der Waals surface area contributed by atoms with E-state index in [0.29, 0.717) is 18.7 Å². The van der Waals surface area contributed by atoms with E-state index < -0.39 is 12.0 Å². The van der Waals surface area contributed by atoms with Gasteiger partial charge in [0.1, 0.15) is 11.9 Å². The van der Waals surface area contributed by atoms with Crippen LogP contribution in [-0.4, -0.2) is 44.3 Å². The van der Waals surface area contributed by atoms with Crippen molar-refractivity contribution in [1.29, 1.82) is 0 Å². The Morgan fingerprint density at radius 2 is 2.00 bits per heavy atom. The van der Waals surface area contributed by atoms with Gasteiger partial charge >= 0.3 is 5.97 Å². The Labute approximate surface area is 168 Å². The summed E-state index contributed by atoms with van der Waals surface area (Å²) in [5.74, 6) is 6.20. The van der Waals surface area contributed by atoms with Gasteiger partial charge in [0.25, 0.3) is 0 Å². The van der Waals surface area contributed by atoms with Crippen molar-refractivity contribution < 1.29 is 19.1 Å². The average Bonchev–Trinajstić information content (AvgIpc) is 3.38. The highest BCUT2D eigenvalue weighted by Gasteiger charge is 2.20. The number of hydrogen-bond donors (Lipinski definition) is 1. The zero-order valence-electron chi connectivity index (χ0n) is 16.3. The standard InChI is InChI=1S/C21H22N4O4/c1-15-18(24-20(29-15)16-7-4-3-5-8-16)12-11-17(28-2)9-6-10-19(21(26)27)25-22-13-14-23-25/h3-5,7-8,13-14,17,19H,10-12H2,1-2H3,(H,26,27)/t17-,19+/m1/s1. The van der Waals surface area contributed by atoms with Crippen LogP contribution < -0.4 is 0 Å². The third-order valence-corrected chi connectivity index (χ3v) is 4.40. The number of aliphatic carboxylic acids is 1. The molecule has 0 saturated heterocycles. The van der Waals surface area contributed by atoms with Crippen molar-refractivity contribution in [3.05, 3.63) is 54.2 Å². The number of oxazole rings is 1. The molecule has 2 atom stereocenters. The van der Waals surface area contributed by atoms with Crippen molar-refractivity contribution in [3.8, 4) is 23.3 Å². The Hall–Kier alpha value is -3.44. The third kappa shape index (κ3) is 5.30. The van der Waals surface area contributed by atoms with E-state index in [2.05, 4.69) is 27.0 Å². The topological polar surface area (TPSA) is 103 Å². The summed E-state index contributed by atoms with van der Waals surface area (Å²) in [5.41, 5.74) is 1.79. The Morgan fingerprint density at radius 1 is 1.28 bits per heavy atom. The highest BCUT2D eigenvalue weighted by molar-refractivity contribution is 5.71. The van der Waals surface area contributed by atoms with E-state index >= 15 is 0 Å². The highest BCUT2D eigenvalue weighted by atomic mass is 16.5. The molecule has 8 heteroatoms.